The fraction of sp³-hybridized carbons (Fsp3) is 0.720. The minimum atomic E-state index is 0.396. The zero-order valence-electron chi connectivity index (χ0n) is 18.7. The van der Waals surface area contributed by atoms with E-state index >= 15 is 0 Å². The summed E-state index contributed by atoms with van der Waals surface area (Å²) in [5, 5.41) is 8.73. The Bertz CT molecular complexity index is 785. The van der Waals surface area contributed by atoms with Crippen molar-refractivity contribution in [3.05, 3.63) is 40.7 Å². The molecule has 1 aromatic rings. The van der Waals surface area contributed by atoms with Gasteiger partial charge in [0.05, 0.1) is 0 Å². The molecular formula is C25H40N2OS. The van der Waals surface area contributed by atoms with Gasteiger partial charge in [-0.2, -0.15) is 4.73 Å². The number of fused-ring (bicyclic) bond motifs is 3. The molecule has 0 saturated heterocycles. The molecule has 0 radical (unpaired) electrons. The first kappa shape index (κ1) is 22.6. The molecule has 4 heteroatoms. The molecule has 0 aliphatic heterocycles. The molecule has 0 bridgehead atoms. The minimum absolute atomic E-state index is 0.396. The number of hydrogen-bond donors (Lipinski definition) is 2. The summed E-state index contributed by atoms with van der Waals surface area (Å²) >= 11 is 4.67. The predicted molar refractivity (Wildman–Crippen MR) is 123 cm³/mol. The van der Waals surface area contributed by atoms with Crippen molar-refractivity contribution in [3.8, 4) is 0 Å². The fourth-order valence-electron chi connectivity index (χ4n) is 6.64. The highest BCUT2D eigenvalue weighted by atomic mass is 32.1. The number of rotatable bonds is 2. The van der Waals surface area contributed by atoms with E-state index in [9.17, 15) is 0 Å². The minimum Gasteiger partial charge on any atom is -0.428 e. The molecule has 3 aliphatic rings. The lowest BCUT2D eigenvalue weighted by atomic mass is 9.45. The van der Waals surface area contributed by atoms with Crippen LogP contribution in [-0.4, -0.2) is 16.5 Å². The first-order chi connectivity index (χ1) is 13.7. The molecule has 0 spiro atoms. The lowest BCUT2D eigenvalue weighted by Crippen LogP contribution is -2.53. The van der Waals surface area contributed by atoms with Crippen LogP contribution in [-0.2, 0) is 0 Å². The maximum Gasteiger partial charge on any atom is 0.142 e. The van der Waals surface area contributed by atoms with Gasteiger partial charge in [-0.3, -0.25) is 0 Å². The monoisotopic (exact) mass is 416 g/mol. The topological polar surface area (TPSA) is 51.2 Å². The molecule has 1 aromatic heterocycles. The van der Waals surface area contributed by atoms with Gasteiger partial charge in [0.1, 0.15) is 4.64 Å². The Balaban J connectivity index is 0.000000252. The Morgan fingerprint density at radius 1 is 1.21 bits per heavy atom. The molecule has 3 aliphatic carbocycles. The van der Waals surface area contributed by atoms with Gasteiger partial charge in [-0.1, -0.05) is 64.0 Å². The molecule has 2 unspecified atom stereocenters. The highest BCUT2D eigenvalue weighted by molar-refractivity contribution is 7.71. The maximum atomic E-state index is 8.73. The molecule has 162 valence electrons. The van der Waals surface area contributed by atoms with Crippen molar-refractivity contribution in [3.63, 3.8) is 0 Å². The predicted octanol–water partition coefficient (Wildman–Crippen LogP) is 6.62. The summed E-state index contributed by atoms with van der Waals surface area (Å²) in [4.78, 5) is 0. The second-order valence-electron chi connectivity index (χ2n) is 10.5. The van der Waals surface area contributed by atoms with Crippen LogP contribution in [0.25, 0.3) is 0 Å². The van der Waals surface area contributed by atoms with Crippen LogP contribution in [0.1, 0.15) is 72.6 Å². The smallest absolute Gasteiger partial charge is 0.142 e. The Morgan fingerprint density at radius 2 is 1.97 bits per heavy atom. The Labute approximate surface area is 182 Å². The van der Waals surface area contributed by atoms with Gasteiger partial charge in [0, 0.05) is 6.20 Å². The summed E-state index contributed by atoms with van der Waals surface area (Å²) in [6.07, 6.45) is 13.9. The van der Waals surface area contributed by atoms with Crippen molar-refractivity contribution in [2.75, 3.05) is 6.54 Å². The molecule has 0 aromatic carbocycles. The van der Waals surface area contributed by atoms with Crippen LogP contribution >= 0.6 is 12.2 Å². The summed E-state index contributed by atoms with van der Waals surface area (Å²) in [5.74, 6) is 3.35. The standard InChI is InChI=1S/C20H35N.C5H5NOS/c1-14(2)15-6-8-17-16(12-15)7-9-18-19(3,13-21)10-5-11-20(17,18)4;7-6-4-2-1-3-5(6)8/h12,14-15,17-18H,5-11,13,21H2,1-4H3;1-4,7H/t15-,17?,18?,19-,20+;/m0./s1. The van der Waals surface area contributed by atoms with E-state index in [2.05, 4.69) is 46.0 Å². The largest absolute Gasteiger partial charge is 0.428 e. The molecule has 2 fully saturated rings. The normalized spacial score (nSPS) is 36.3. The molecular weight excluding hydrogens is 376 g/mol. The summed E-state index contributed by atoms with van der Waals surface area (Å²) in [5.41, 5.74) is 8.96. The molecule has 0 amide bonds. The third kappa shape index (κ3) is 4.49. The lowest BCUT2D eigenvalue weighted by molar-refractivity contribution is -0.0626. The summed E-state index contributed by atoms with van der Waals surface area (Å²) in [6.45, 7) is 10.7. The SMILES string of the molecule is CC(C)[C@@H]1C=C2CCC3[C@](C)(CN)CCC[C@]3(C)C2CC1.On1ccccc1=S. The van der Waals surface area contributed by atoms with E-state index in [1.165, 1.54) is 51.1 Å². The summed E-state index contributed by atoms with van der Waals surface area (Å²) < 4.78 is 1.32. The second-order valence-corrected chi connectivity index (χ2v) is 10.9. The van der Waals surface area contributed by atoms with Crippen LogP contribution in [0.3, 0.4) is 0 Å². The van der Waals surface area contributed by atoms with Crippen molar-refractivity contribution in [1.82, 2.24) is 4.73 Å². The third-order valence-electron chi connectivity index (χ3n) is 8.41. The van der Waals surface area contributed by atoms with E-state index in [-0.39, 0.29) is 0 Å². The van der Waals surface area contributed by atoms with Gasteiger partial charge in [0.2, 0.25) is 0 Å². The molecule has 4 rings (SSSR count). The van der Waals surface area contributed by atoms with Crippen LogP contribution in [0, 0.1) is 39.1 Å². The first-order valence-corrected chi connectivity index (χ1v) is 11.9. The molecule has 1 heterocycles. The number of allylic oxidation sites excluding steroid dienone is 2. The summed E-state index contributed by atoms with van der Waals surface area (Å²) in [6, 6.07) is 5.13. The molecule has 5 atom stereocenters. The van der Waals surface area contributed by atoms with Crippen molar-refractivity contribution in [2.24, 2.45) is 40.2 Å². The molecule has 3 nitrogen and oxygen atoms in total. The Hall–Kier alpha value is -1.13. The van der Waals surface area contributed by atoms with E-state index in [0.29, 0.717) is 15.5 Å². The zero-order chi connectivity index (χ0) is 21.2. The van der Waals surface area contributed by atoms with Gasteiger partial charge in [-0.25, -0.2) is 0 Å². The van der Waals surface area contributed by atoms with Crippen LogP contribution in [0.4, 0.5) is 0 Å². The quantitative estimate of drug-likeness (QED) is 0.324. The van der Waals surface area contributed by atoms with E-state index in [0.717, 1.165) is 34.9 Å². The van der Waals surface area contributed by atoms with Crippen LogP contribution < -0.4 is 5.73 Å². The average Bonchev–Trinajstić information content (AvgIpc) is 2.70. The van der Waals surface area contributed by atoms with E-state index in [1.807, 2.05) is 5.57 Å². The summed E-state index contributed by atoms with van der Waals surface area (Å²) in [7, 11) is 0. The van der Waals surface area contributed by atoms with Gasteiger partial charge in [0.25, 0.3) is 0 Å². The van der Waals surface area contributed by atoms with Crippen molar-refractivity contribution in [2.45, 2.75) is 72.6 Å². The Kier molecular flexibility index (Phi) is 6.95. The van der Waals surface area contributed by atoms with Crippen molar-refractivity contribution < 1.29 is 5.21 Å². The van der Waals surface area contributed by atoms with E-state index < -0.39 is 0 Å². The third-order valence-corrected chi connectivity index (χ3v) is 8.73. The van der Waals surface area contributed by atoms with E-state index in [1.54, 1.807) is 18.2 Å². The highest BCUT2D eigenvalue weighted by Gasteiger charge is 2.54. The van der Waals surface area contributed by atoms with Gasteiger partial charge < -0.3 is 10.9 Å². The van der Waals surface area contributed by atoms with Crippen molar-refractivity contribution >= 4 is 12.2 Å². The second kappa shape index (κ2) is 8.93. The van der Waals surface area contributed by atoms with Gasteiger partial charge in [0.15, 0.2) is 0 Å². The number of nitrogens with zero attached hydrogens (tertiary/aromatic N) is 1. The van der Waals surface area contributed by atoms with Gasteiger partial charge in [-0.05, 0) is 91.7 Å². The number of aromatic nitrogens is 1. The fourth-order valence-corrected chi connectivity index (χ4v) is 6.78. The zero-order valence-corrected chi connectivity index (χ0v) is 19.5. The molecule has 29 heavy (non-hydrogen) atoms. The lowest BCUT2D eigenvalue weighted by Gasteiger charge is -2.60. The number of nitrogens with two attached hydrogens (primary N) is 1. The number of pyridine rings is 1. The van der Waals surface area contributed by atoms with Gasteiger partial charge in [-0.15, -0.1) is 0 Å². The van der Waals surface area contributed by atoms with Crippen molar-refractivity contribution in [1.29, 1.82) is 0 Å². The number of hydrogen-bond acceptors (Lipinski definition) is 3. The van der Waals surface area contributed by atoms with Gasteiger partial charge >= 0.3 is 0 Å². The highest BCUT2D eigenvalue weighted by Crippen LogP contribution is 2.63. The van der Waals surface area contributed by atoms with E-state index in [4.69, 9.17) is 10.9 Å². The average molecular weight is 417 g/mol. The molecule has 2 saturated carbocycles. The van der Waals surface area contributed by atoms with Crippen LogP contribution in [0.15, 0.2) is 36.0 Å². The van der Waals surface area contributed by atoms with Crippen LogP contribution in [0.2, 0.25) is 0 Å². The Morgan fingerprint density at radius 3 is 2.55 bits per heavy atom. The van der Waals surface area contributed by atoms with Crippen LogP contribution in [0.5, 0.6) is 0 Å². The molecule has 3 N–H and O–H groups in total. The first-order valence-electron chi connectivity index (χ1n) is 11.5. The maximum absolute atomic E-state index is 8.73.